The minimum atomic E-state index is -3.23. The van der Waals surface area contributed by atoms with Gasteiger partial charge in [-0.1, -0.05) is 38.9 Å². The molecule has 0 aromatic carbocycles. The molecule has 350 valence electrons. The van der Waals surface area contributed by atoms with Gasteiger partial charge in [-0.15, -0.1) is 11.3 Å². The van der Waals surface area contributed by atoms with Crippen LogP contribution >= 0.6 is 11.3 Å². The van der Waals surface area contributed by atoms with E-state index in [1.807, 2.05) is 32.8 Å². The van der Waals surface area contributed by atoms with Gasteiger partial charge in [0.15, 0.2) is 18.7 Å². The number of cyclic esters (lactones) is 1. The normalized spacial score (nSPS) is 36.9. The van der Waals surface area contributed by atoms with Crippen LogP contribution < -0.4 is 11.1 Å². The number of carbonyl (C=O) groups is 3. The Morgan fingerprint density at radius 1 is 1.14 bits per heavy atom. The predicted octanol–water partition coefficient (Wildman–Crippen LogP) is 4.49. The number of halogens is 1. The van der Waals surface area contributed by atoms with Crippen LogP contribution in [0.2, 0.25) is 0 Å². The third kappa shape index (κ3) is 11.3. The van der Waals surface area contributed by atoms with E-state index in [1.165, 1.54) is 25.2 Å². The molecule has 17 nitrogen and oxygen atoms in total. The molecule has 0 aliphatic carbocycles. The van der Waals surface area contributed by atoms with E-state index < -0.39 is 83.3 Å². The first-order chi connectivity index (χ1) is 29.5. The van der Waals surface area contributed by atoms with Crippen LogP contribution in [0.25, 0.3) is 10.7 Å². The quantitative estimate of drug-likeness (QED) is 0.146. The van der Waals surface area contributed by atoms with E-state index in [0.29, 0.717) is 39.9 Å². The smallest absolute Gasteiger partial charge is 0.351 e. The highest BCUT2D eigenvalue weighted by molar-refractivity contribution is 7.13. The van der Waals surface area contributed by atoms with Crippen molar-refractivity contribution in [2.75, 3.05) is 33.0 Å². The second kappa shape index (κ2) is 20.5. The van der Waals surface area contributed by atoms with Crippen LogP contribution in [0.1, 0.15) is 93.7 Å². The summed E-state index contributed by atoms with van der Waals surface area (Å²) in [4.78, 5) is 58.3. The Balaban J connectivity index is 1.67. The molecule has 2 aromatic heterocycles. The standard InChI is InChI=1S/C44H65FN6O11S/c1-12-31-44(9,56)38-25(5)34(49-33(52)13-2)23(3)18-42(7,58-20-27(19-57-38)50-59-21-28-22-63-39(47-28)29-15-14-16-32(46)48-29)37(26(6)36(54)43(8,45)41(55)61-31)62-40-35(53)30(51(10)11)17-24(4)60-40/h14-16,22-24,26,30-31,35,37-38,40,53,56H,12-13,17-21H2,1-11H3,(H2,46,48)(H,49,52)/b34-25+,50-27?/t23-,24-,26+,30+,31-,35-,37-,38-,40+,42-,43+,44-/m1/s1. The van der Waals surface area contributed by atoms with Gasteiger partial charge in [0.2, 0.25) is 5.91 Å². The largest absolute Gasteiger partial charge is 0.457 e. The number of allylic oxidation sites excluding steroid dienone is 1. The number of nitrogen functional groups attached to an aromatic ring is 1. The number of oxime groups is 1. The Morgan fingerprint density at radius 2 is 1.86 bits per heavy atom. The number of nitrogens with zero attached hydrogens (tertiary/aromatic N) is 4. The number of anilines is 1. The van der Waals surface area contributed by atoms with Gasteiger partial charge in [-0.2, -0.15) is 0 Å². The van der Waals surface area contributed by atoms with Crippen LogP contribution in [0, 0.1) is 11.8 Å². The van der Waals surface area contributed by atoms with E-state index in [9.17, 15) is 24.6 Å². The Morgan fingerprint density at radius 3 is 2.51 bits per heavy atom. The summed E-state index contributed by atoms with van der Waals surface area (Å²) in [6.45, 7) is 13.3. The van der Waals surface area contributed by atoms with Gasteiger partial charge < -0.3 is 54.7 Å². The maximum Gasteiger partial charge on any atom is 0.351 e. The molecule has 5 rings (SSSR count). The molecule has 63 heavy (non-hydrogen) atoms. The highest BCUT2D eigenvalue weighted by Gasteiger charge is 2.56. The maximum absolute atomic E-state index is 17.0. The topological polar surface area (TPSA) is 226 Å². The van der Waals surface area contributed by atoms with Crippen LogP contribution in [0.4, 0.5) is 10.2 Å². The molecule has 3 aliphatic heterocycles. The van der Waals surface area contributed by atoms with E-state index in [2.05, 4.69) is 20.4 Å². The lowest BCUT2D eigenvalue weighted by Gasteiger charge is -2.47. The SMILES string of the molecule is CCC(=O)N/C1=C(\C)[C@H]2OCC(=NOCc3csc(-c4cccc(N)n4)n3)CO[C@](C)(C[C@H]1C)[C@H](O[C@@H]1O[C@H](C)C[C@H](N(C)C)[C@H]1O)[C@@H](C)C(=O)[C@](C)(F)C(=O)O[C@H](CC)[C@@]2(C)O. The molecule has 5 heterocycles. The molecular weight excluding hydrogens is 840 g/mol. The zero-order valence-corrected chi connectivity index (χ0v) is 39.0. The zero-order valence-electron chi connectivity index (χ0n) is 38.2. The summed E-state index contributed by atoms with van der Waals surface area (Å²) in [5.74, 6) is -4.74. The van der Waals surface area contributed by atoms with Crippen molar-refractivity contribution in [2.24, 2.45) is 17.0 Å². The zero-order chi connectivity index (χ0) is 46.6. The number of pyridine rings is 1. The van der Waals surface area contributed by atoms with Gasteiger partial charge in [0.1, 0.15) is 46.1 Å². The van der Waals surface area contributed by atoms with Gasteiger partial charge in [0.05, 0.1) is 36.7 Å². The third-order valence-corrected chi connectivity index (χ3v) is 13.1. The Labute approximate surface area is 372 Å². The number of hydrogen-bond donors (Lipinski definition) is 4. The van der Waals surface area contributed by atoms with Crippen molar-refractivity contribution in [3.63, 3.8) is 0 Å². The van der Waals surface area contributed by atoms with Crippen LogP contribution in [0.3, 0.4) is 0 Å². The van der Waals surface area contributed by atoms with Crippen molar-refractivity contribution in [3.05, 3.63) is 40.5 Å². The highest BCUT2D eigenvalue weighted by Crippen LogP contribution is 2.41. The van der Waals surface area contributed by atoms with E-state index >= 15 is 4.39 Å². The molecule has 19 heteroatoms. The summed E-state index contributed by atoms with van der Waals surface area (Å²) >= 11 is 1.35. The van der Waals surface area contributed by atoms with Crippen molar-refractivity contribution < 1.29 is 57.5 Å². The molecule has 12 atom stereocenters. The van der Waals surface area contributed by atoms with E-state index in [4.69, 9.17) is 34.3 Å². The third-order valence-electron chi connectivity index (χ3n) is 12.2. The highest BCUT2D eigenvalue weighted by atomic mass is 32.1. The Hall–Kier alpha value is -3.95. The maximum atomic E-state index is 17.0. The number of likely N-dealkylation sites (N-methyl/N-ethyl adjacent to an activating group) is 1. The summed E-state index contributed by atoms with van der Waals surface area (Å²) in [6, 6.07) is 4.85. The lowest BCUT2D eigenvalue weighted by Crippen LogP contribution is -2.61. The van der Waals surface area contributed by atoms with Gasteiger partial charge in [0.25, 0.3) is 5.67 Å². The van der Waals surface area contributed by atoms with Crippen molar-refractivity contribution in [2.45, 2.75) is 154 Å². The van der Waals surface area contributed by atoms with Crippen LogP contribution in [0.5, 0.6) is 0 Å². The minimum Gasteiger partial charge on any atom is -0.457 e. The first-order valence-corrected chi connectivity index (χ1v) is 22.3. The number of ketones is 1. The van der Waals surface area contributed by atoms with Gasteiger partial charge in [0, 0.05) is 29.5 Å². The van der Waals surface area contributed by atoms with E-state index in [1.54, 1.807) is 51.3 Å². The number of rotatable bonds is 10. The first kappa shape index (κ1) is 50.1. The average Bonchev–Trinajstić information content (AvgIpc) is 3.70. The second-order valence-corrected chi connectivity index (χ2v) is 18.6. The lowest BCUT2D eigenvalue weighted by molar-refractivity contribution is -0.296. The van der Waals surface area contributed by atoms with Gasteiger partial charge in [-0.3, -0.25) is 9.59 Å². The molecule has 0 unspecified atom stereocenters. The molecule has 5 N–H and O–H groups in total. The van der Waals surface area contributed by atoms with Crippen LogP contribution in [-0.4, -0.2) is 135 Å². The molecule has 3 aliphatic rings. The van der Waals surface area contributed by atoms with Crippen molar-refractivity contribution in [1.82, 2.24) is 20.2 Å². The predicted molar refractivity (Wildman–Crippen MR) is 233 cm³/mol. The number of nitrogens with one attached hydrogen (secondary N) is 1. The van der Waals surface area contributed by atoms with Gasteiger partial charge in [-0.25, -0.2) is 19.2 Å². The first-order valence-electron chi connectivity index (χ1n) is 21.5. The van der Waals surface area contributed by atoms with Gasteiger partial charge >= 0.3 is 5.97 Å². The Bertz CT molecular complexity index is 2010. The molecule has 2 bridgehead atoms. The number of nitrogens with two attached hydrogens (primary N) is 1. The summed E-state index contributed by atoms with van der Waals surface area (Å²) in [5.41, 5.74) is 1.10. The van der Waals surface area contributed by atoms with Crippen LogP contribution in [0.15, 0.2) is 40.0 Å². The summed E-state index contributed by atoms with van der Waals surface area (Å²) < 4.78 is 48.9. The number of Topliss-reactive ketones (excluding diaryl/α,β-unsaturated/α-hetero) is 1. The lowest BCUT2D eigenvalue weighted by atomic mass is 9.76. The number of alkyl halides is 1. The summed E-state index contributed by atoms with van der Waals surface area (Å²) in [5, 5.41) is 34.0. The van der Waals surface area contributed by atoms with Gasteiger partial charge in [-0.05, 0) is 91.6 Å². The molecule has 0 saturated carbocycles. The van der Waals surface area contributed by atoms with Crippen molar-refractivity contribution >= 4 is 40.5 Å². The monoisotopic (exact) mass is 904 g/mol. The summed E-state index contributed by atoms with van der Waals surface area (Å²) in [6.07, 6.45) is -6.48. The molecule has 1 saturated heterocycles. The minimum absolute atomic E-state index is 0.00865. The number of thiazole rings is 1. The number of amides is 1. The van der Waals surface area contributed by atoms with Crippen LogP contribution in [-0.2, 0) is 49.5 Å². The number of fused-ring (bicyclic) bond motifs is 4. The molecule has 0 radical (unpaired) electrons. The number of aromatic nitrogens is 2. The van der Waals surface area contributed by atoms with E-state index in [-0.39, 0.29) is 50.7 Å². The van der Waals surface area contributed by atoms with Crippen molar-refractivity contribution in [1.29, 1.82) is 0 Å². The molecular formula is C44H65FN6O11S. The molecule has 1 amide bonds. The van der Waals surface area contributed by atoms with E-state index in [0.717, 1.165) is 6.92 Å². The molecule has 2 aromatic rings. The number of ether oxygens (including phenoxy) is 5. The molecule has 0 spiro atoms. The number of hydrogen-bond acceptors (Lipinski definition) is 17. The fraction of sp³-hybridized carbons (Fsp3) is 0.682. The number of carbonyl (C=O) groups excluding carboxylic acids is 3. The summed E-state index contributed by atoms with van der Waals surface area (Å²) in [7, 11) is 3.63. The average molecular weight is 905 g/mol. The Kier molecular flexibility index (Phi) is 16.3. The van der Waals surface area contributed by atoms with Crippen molar-refractivity contribution in [3.8, 4) is 10.7 Å². The fourth-order valence-corrected chi connectivity index (χ4v) is 9.52. The fourth-order valence-electron chi connectivity index (χ4n) is 8.74. The molecule has 1 fully saturated rings. The number of aliphatic hydroxyl groups excluding tert-OH is 1. The number of esters is 1. The second-order valence-electron chi connectivity index (χ2n) is 17.7. The number of aliphatic hydroxyl groups is 2.